The van der Waals surface area contributed by atoms with Crippen LogP contribution in [0.15, 0.2) is 54.6 Å². The zero-order valence-electron chi connectivity index (χ0n) is 15.6. The molecule has 1 amide bonds. The summed E-state index contributed by atoms with van der Waals surface area (Å²) in [7, 11) is 0. The van der Waals surface area contributed by atoms with Gasteiger partial charge in [0.1, 0.15) is 11.9 Å². The zero-order chi connectivity index (χ0) is 20.1. The third-order valence-electron chi connectivity index (χ3n) is 4.55. The number of aryl methyl sites for hydroxylation is 1. The first-order chi connectivity index (χ1) is 13.5. The number of carboxylic acid groups (broad SMARTS) is 1. The molecule has 0 radical (unpaired) electrons. The molecule has 144 valence electrons. The number of nitrogens with zero attached hydrogens (tertiary/aromatic N) is 4. The quantitative estimate of drug-likeness (QED) is 0.653. The highest BCUT2D eigenvalue weighted by atomic mass is 16.4. The molecule has 1 heterocycles. The average molecular weight is 379 g/mol. The number of carboxylic acids is 1. The van der Waals surface area contributed by atoms with Gasteiger partial charge in [0.25, 0.3) is 0 Å². The number of amides is 1. The van der Waals surface area contributed by atoms with Crippen LogP contribution in [-0.2, 0) is 16.0 Å². The molecule has 3 rings (SSSR count). The van der Waals surface area contributed by atoms with Crippen LogP contribution in [0.25, 0.3) is 0 Å². The van der Waals surface area contributed by atoms with Gasteiger partial charge in [0, 0.05) is 12.1 Å². The molecule has 0 bridgehead atoms. The molecule has 28 heavy (non-hydrogen) atoms. The standard InChI is InChI=1S/C20H21N5O3/c1-13(20(27)28)16-9-6-10-17(12-16)21-19(26)18(25-14(2)22-23-24-25)11-15-7-4-3-5-8-15/h3-10,12-13,18H,11H2,1-2H3,(H,21,26)(H,27,28). The molecular formula is C20H21N5O3. The Balaban J connectivity index is 1.85. The second-order valence-corrected chi connectivity index (χ2v) is 6.55. The van der Waals surface area contributed by atoms with Gasteiger partial charge in [0.2, 0.25) is 5.91 Å². The van der Waals surface area contributed by atoms with Crippen LogP contribution in [0, 0.1) is 6.92 Å². The summed E-state index contributed by atoms with van der Waals surface area (Å²) in [6, 6.07) is 15.8. The van der Waals surface area contributed by atoms with E-state index in [-0.39, 0.29) is 5.91 Å². The number of anilines is 1. The predicted octanol–water partition coefficient (Wildman–Crippen LogP) is 2.59. The Hall–Kier alpha value is -3.55. The highest BCUT2D eigenvalue weighted by Gasteiger charge is 2.24. The molecule has 2 aromatic carbocycles. The molecule has 0 saturated heterocycles. The lowest BCUT2D eigenvalue weighted by atomic mass is 10.0. The van der Waals surface area contributed by atoms with Gasteiger partial charge in [-0.15, -0.1) is 5.10 Å². The lowest BCUT2D eigenvalue weighted by molar-refractivity contribution is -0.138. The molecule has 2 N–H and O–H groups in total. The van der Waals surface area contributed by atoms with Crippen molar-refractivity contribution in [2.75, 3.05) is 5.32 Å². The maximum absolute atomic E-state index is 13.0. The molecule has 0 fully saturated rings. The van der Waals surface area contributed by atoms with Crippen molar-refractivity contribution in [3.05, 3.63) is 71.5 Å². The monoisotopic (exact) mass is 379 g/mol. The zero-order valence-corrected chi connectivity index (χ0v) is 15.6. The number of carbonyl (C=O) groups is 2. The van der Waals surface area contributed by atoms with Crippen LogP contribution < -0.4 is 5.32 Å². The highest BCUT2D eigenvalue weighted by molar-refractivity contribution is 5.94. The number of carbonyl (C=O) groups excluding carboxylic acids is 1. The summed E-state index contributed by atoms with van der Waals surface area (Å²) in [6.07, 6.45) is 0.420. The lowest BCUT2D eigenvalue weighted by Crippen LogP contribution is -2.29. The Kier molecular flexibility index (Phi) is 5.78. The van der Waals surface area contributed by atoms with Crippen molar-refractivity contribution in [2.45, 2.75) is 32.2 Å². The Morgan fingerprint density at radius 1 is 1.14 bits per heavy atom. The third-order valence-corrected chi connectivity index (χ3v) is 4.55. The molecule has 2 atom stereocenters. The number of hydrogen-bond acceptors (Lipinski definition) is 5. The molecule has 8 nitrogen and oxygen atoms in total. The Labute approximate surface area is 162 Å². The second kappa shape index (κ2) is 8.43. The van der Waals surface area contributed by atoms with Crippen molar-refractivity contribution >= 4 is 17.6 Å². The molecule has 2 unspecified atom stereocenters. The minimum atomic E-state index is -0.922. The SMILES string of the molecule is Cc1nnnn1C(Cc1ccccc1)C(=O)Nc1cccc(C(C)C(=O)O)c1. The average Bonchev–Trinajstić information content (AvgIpc) is 3.12. The fourth-order valence-electron chi connectivity index (χ4n) is 2.91. The molecule has 3 aromatic rings. The Morgan fingerprint density at radius 3 is 2.54 bits per heavy atom. The minimum absolute atomic E-state index is 0.278. The van der Waals surface area contributed by atoms with E-state index in [1.165, 1.54) is 4.68 Å². The molecular weight excluding hydrogens is 358 g/mol. The van der Waals surface area contributed by atoms with E-state index in [4.69, 9.17) is 0 Å². The summed E-state index contributed by atoms with van der Waals surface area (Å²) < 4.78 is 1.49. The van der Waals surface area contributed by atoms with E-state index >= 15 is 0 Å². The van der Waals surface area contributed by atoms with Gasteiger partial charge in [0.05, 0.1) is 5.92 Å². The van der Waals surface area contributed by atoms with Crippen molar-refractivity contribution in [1.29, 1.82) is 0 Å². The van der Waals surface area contributed by atoms with Crippen LogP contribution in [0.2, 0.25) is 0 Å². The first kappa shape index (κ1) is 19.2. The van der Waals surface area contributed by atoms with Crippen LogP contribution in [0.4, 0.5) is 5.69 Å². The van der Waals surface area contributed by atoms with Crippen LogP contribution in [0.5, 0.6) is 0 Å². The molecule has 0 aliphatic carbocycles. The van der Waals surface area contributed by atoms with E-state index in [1.54, 1.807) is 38.1 Å². The molecule has 0 spiro atoms. The summed E-state index contributed by atoms with van der Waals surface area (Å²) in [5.41, 5.74) is 2.12. The maximum Gasteiger partial charge on any atom is 0.310 e. The van der Waals surface area contributed by atoms with Crippen molar-refractivity contribution < 1.29 is 14.7 Å². The number of rotatable bonds is 7. The van der Waals surface area contributed by atoms with Gasteiger partial charge in [-0.05, 0) is 47.5 Å². The van der Waals surface area contributed by atoms with E-state index in [9.17, 15) is 14.7 Å². The van der Waals surface area contributed by atoms with Crippen molar-refractivity contribution in [2.24, 2.45) is 0 Å². The van der Waals surface area contributed by atoms with Crippen molar-refractivity contribution in [3.63, 3.8) is 0 Å². The number of hydrogen-bond donors (Lipinski definition) is 2. The van der Waals surface area contributed by atoms with Gasteiger partial charge in [-0.25, -0.2) is 4.68 Å². The highest BCUT2D eigenvalue weighted by Crippen LogP contribution is 2.22. The smallest absolute Gasteiger partial charge is 0.310 e. The van der Waals surface area contributed by atoms with Gasteiger partial charge in [-0.2, -0.15) is 0 Å². The van der Waals surface area contributed by atoms with E-state index in [2.05, 4.69) is 20.8 Å². The number of benzene rings is 2. The fraction of sp³-hybridized carbons (Fsp3) is 0.250. The second-order valence-electron chi connectivity index (χ2n) is 6.55. The topological polar surface area (TPSA) is 110 Å². The van der Waals surface area contributed by atoms with E-state index < -0.39 is 17.9 Å². The maximum atomic E-state index is 13.0. The fourth-order valence-corrected chi connectivity index (χ4v) is 2.91. The number of nitrogens with one attached hydrogen (secondary N) is 1. The van der Waals surface area contributed by atoms with Crippen LogP contribution in [0.1, 0.15) is 35.8 Å². The minimum Gasteiger partial charge on any atom is -0.481 e. The van der Waals surface area contributed by atoms with Crippen molar-refractivity contribution in [3.8, 4) is 0 Å². The van der Waals surface area contributed by atoms with Crippen LogP contribution in [-0.4, -0.2) is 37.2 Å². The summed E-state index contributed by atoms with van der Waals surface area (Å²) >= 11 is 0. The van der Waals surface area contributed by atoms with Crippen LogP contribution >= 0.6 is 0 Å². The van der Waals surface area contributed by atoms with Gasteiger partial charge in [0.15, 0.2) is 0 Å². The van der Waals surface area contributed by atoms with Crippen molar-refractivity contribution in [1.82, 2.24) is 20.2 Å². The largest absolute Gasteiger partial charge is 0.481 e. The lowest BCUT2D eigenvalue weighted by Gasteiger charge is -2.18. The van der Waals surface area contributed by atoms with E-state index in [1.807, 2.05) is 30.3 Å². The van der Waals surface area contributed by atoms with Crippen LogP contribution in [0.3, 0.4) is 0 Å². The Bertz CT molecular complexity index is 971. The van der Waals surface area contributed by atoms with Gasteiger partial charge < -0.3 is 10.4 Å². The number of aromatic nitrogens is 4. The summed E-state index contributed by atoms with van der Waals surface area (Å²) in [5.74, 6) is -1.34. The molecule has 0 aliphatic heterocycles. The molecule has 0 aliphatic rings. The van der Waals surface area contributed by atoms with E-state index in [0.29, 0.717) is 23.5 Å². The normalized spacial score (nSPS) is 12.9. The first-order valence-electron chi connectivity index (χ1n) is 8.87. The molecule has 1 aromatic heterocycles. The van der Waals surface area contributed by atoms with Gasteiger partial charge in [-0.1, -0.05) is 42.5 Å². The third kappa shape index (κ3) is 4.40. The molecule has 8 heteroatoms. The van der Waals surface area contributed by atoms with Gasteiger partial charge in [-0.3, -0.25) is 9.59 Å². The molecule has 0 saturated carbocycles. The van der Waals surface area contributed by atoms with Gasteiger partial charge >= 0.3 is 5.97 Å². The summed E-state index contributed by atoms with van der Waals surface area (Å²) in [5, 5.41) is 23.6. The first-order valence-corrected chi connectivity index (χ1v) is 8.87. The summed E-state index contributed by atoms with van der Waals surface area (Å²) in [4.78, 5) is 24.3. The summed E-state index contributed by atoms with van der Waals surface area (Å²) in [6.45, 7) is 3.34. The number of aliphatic carboxylic acids is 1. The Morgan fingerprint density at radius 2 is 1.89 bits per heavy atom. The predicted molar refractivity (Wildman–Crippen MR) is 103 cm³/mol. The number of tetrazole rings is 1. The van der Waals surface area contributed by atoms with E-state index in [0.717, 1.165) is 5.56 Å².